The van der Waals surface area contributed by atoms with Crippen LogP contribution >= 0.6 is 0 Å². The van der Waals surface area contributed by atoms with Crippen LogP contribution in [0.25, 0.3) is 0 Å². The standard InChI is InChI=1S/C13H11BO4/c15-9-10-4-6-12(7-5-10)18-13-3-1-2-11(8-13)14(16)17/h1-9,16-17H. The third-order valence-electron chi connectivity index (χ3n) is 2.41. The highest BCUT2D eigenvalue weighted by atomic mass is 16.5. The van der Waals surface area contributed by atoms with Crippen molar-refractivity contribution in [3.8, 4) is 11.5 Å². The van der Waals surface area contributed by atoms with Gasteiger partial charge in [0.1, 0.15) is 17.8 Å². The molecule has 0 saturated heterocycles. The predicted molar refractivity (Wildman–Crippen MR) is 68.2 cm³/mol. The van der Waals surface area contributed by atoms with E-state index in [2.05, 4.69) is 0 Å². The summed E-state index contributed by atoms with van der Waals surface area (Å²) in [4.78, 5) is 10.5. The first-order valence-electron chi connectivity index (χ1n) is 5.38. The van der Waals surface area contributed by atoms with Crippen LogP contribution in [0.2, 0.25) is 0 Å². The Morgan fingerprint density at radius 1 is 1.00 bits per heavy atom. The summed E-state index contributed by atoms with van der Waals surface area (Å²) < 4.78 is 5.53. The number of benzene rings is 2. The van der Waals surface area contributed by atoms with E-state index in [4.69, 9.17) is 14.8 Å². The van der Waals surface area contributed by atoms with Gasteiger partial charge in [0.05, 0.1) is 0 Å². The highest BCUT2D eigenvalue weighted by Crippen LogP contribution is 2.20. The maximum Gasteiger partial charge on any atom is 0.488 e. The summed E-state index contributed by atoms with van der Waals surface area (Å²) in [5, 5.41) is 18.1. The summed E-state index contributed by atoms with van der Waals surface area (Å²) in [5.41, 5.74) is 0.930. The number of ether oxygens (including phenoxy) is 1. The molecule has 2 aromatic rings. The van der Waals surface area contributed by atoms with E-state index in [9.17, 15) is 4.79 Å². The van der Waals surface area contributed by atoms with Gasteiger partial charge in [0, 0.05) is 5.56 Å². The first-order chi connectivity index (χ1) is 8.69. The topological polar surface area (TPSA) is 66.8 Å². The molecule has 0 heterocycles. The molecule has 0 aliphatic heterocycles. The van der Waals surface area contributed by atoms with Crippen molar-refractivity contribution in [2.24, 2.45) is 0 Å². The SMILES string of the molecule is O=Cc1ccc(Oc2cccc(B(O)O)c2)cc1. The van der Waals surface area contributed by atoms with E-state index in [0.717, 1.165) is 6.29 Å². The molecule has 18 heavy (non-hydrogen) atoms. The van der Waals surface area contributed by atoms with Gasteiger partial charge in [-0.05, 0) is 41.9 Å². The van der Waals surface area contributed by atoms with Crippen LogP contribution in [0, 0.1) is 0 Å². The highest BCUT2D eigenvalue weighted by molar-refractivity contribution is 6.58. The van der Waals surface area contributed by atoms with Crippen LogP contribution in [0.1, 0.15) is 10.4 Å². The molecule has 0 aliphatic carbocycles. The van der Waals surface area contributed by atoms with Crippen LogP contribution in [0.3, 0.4) is 0 Å². The smallest absolute Gasteiger partial charge is 0.457 e. The molecule has 0 radical (unpaired) electrons. The number of hydrogen-bond acceptors (Lipinski definition) is 4. The molecule has 4 nitrogen and oxygen atoms in total. The van der Waals surface area contributed by atoms with Crippen molar-refractivity contribution in [3.05, 3.63) is 54.1 Å². The van der Waals surface area contributed by atoms with Crippen LogP contribution in [0.15, 0.2) is 48.5 Å². The maximum absolute atomic E-state index is 10.5. The van der Waals surface area contributed by atoms with Crippen molar-refractivity contribution in [1.82, 2.24) is 0 Å². The molecule has 0 unspecified atom stereocenters. The lowest BCUT2D eigenvalue weighted by Crippen LogP contribution is -2.29. The fraction of sp³-hybridized carbons (Fsp3) is 0. The van der Waals surface area contributed by atoms with Gasteiger partial charge >= 0.3 is 7.12 Å². The molecule has 2 aromatic carbocycles. The Kier molecular flexibility index (Phi) is 3.77. The molecule has 0 fully saturated rings. The van der Waals surface area contributed by atoms with Crippen molar-refractivity contribution in [3.63, 3.8) is 0 Å². The van der Waals surface area contributed by atoms with Gasteiger partial charge in [-0.2, -0.15) is 0 Å². The zero-order valence-electron chi connectivity index (χ0n) is 9.48. The van der Waals surface area contributed by atoms with Gasteiger partial charge in [-0.15, -0.1) is 0 Å². The van der Waals surface area contributed by atoms with Crippen LogP contribution in [-0.2, 0) is 0 Å². The van der Waals surface area contributed by atoms with Gasteiger partial charge in [0.25, 0.3) is 0 Å². The van der Waals surface area contributed by atoms with Crippen molar-refractivity contribution >= 4 is 18.9 Å². The Labute approximate surface area is 105 Å². The quantitative estimate of drug-likeness (QED) is 0.619. The van der Waals surface area contributed by atoms with E-state index in [1.165, 1.54) is 6.07 Å². The first-order valence-corrected chi connectivity index (χ1v) is 5.38. The molecule has 2 rings (SSSR count). The van der Waals surface area contributed by atoms with Gasteiger partial charge in [-0.3, -0.25) is 4.79 Å². The third kappa shape index (κ3) is 2.97. The van der Waals surface area contributed by atoms with Gasteiger partial charge < -0.3 is 14.8 Å². The molecule has 0 atom stereocenters. The largest absolute Gasteiger partial charge is 0.488 e. The Morgan fingerprint density at radius 2 is 1.72 bits per heavy atom. The second-order valence-corrected chi connectivity index (χ2v) is 3.74. The second-order valence-electron chi connectivity index (χ2n) is 3.74. The fourth-order valence-corrected chi connectivity index (χ4v) is 1.49. The van der Waals surface area contributed by atoms with Crippen molar-refractivity contribution in [1.29, 1.82) is 0 Å². The predicted octanol–water partition coefficient (Wildman–Crippen LogP) is 0.971. The minimum absolute atomic E-state index is 0.358. The molecular formula is C13H11BO4. The molecular weight excluding hydrogens is 231 g/mol. The van der Waals surface area contributed by atoms with E-state index >= 15 is 0 Å². The Hall–Kier alpha value is -2.11. The molecule has 5 heteroatoms. The van der Waals surface area contributed by atoms with E-state index in [-0.39, 0.29) is 0 Å². The second kappa shape index (κ2) is 5.49. The number of carbonyl (C=O) groups is 1. The van der Waals surface area contributed by atoms with Crippen molar-refractivity contribution in [2.75, 3.05) is 0 Å². The van der Waals surface area contributed by atoms with Gasteiger partial charge in [-0.1, -0.05) is 12.1 Å². The zero-order valence-corrected chi connectivity index (χ0v) is 9.48. The van der Waals surface area contributed by atoms with E-state index in [0.29, 0.717) is 22.5 Å². The molecule has 0 aromatic heterocycles. The Balaban J connectivity index is 2.17. The number of aldehydes is 1. The van der Waals surface area contributed by atoms with Gasteiger partial charge in [0.2, 0.25) is 0 Å². The highest BCUT2D eigenvalue weighted by Gasteiger charge is 2.11. The average molecular weight is 242 g/mol. The number of rotatable bonds is 4. The fourth-order valence-electron chi connectivity index (χ4n) is 1.49. The summed E-state index contributed by atoms with van der Waals surface area (Å²) in [6, 6.07) is 13.1. The lowest BCUT2D eigenvalue weighted by atomic mass is 9.80. The van der Waals surface area contributed by atoms with E-state index in [1.807, 2.05) is 0 Å². The van der Waals surface area contributed by atoms with Gasteiger partial charge in [-0.25, -0.2) is 0 Å². The van der Waals surface area contributed by atoms with Crippen molar-refractivity contribution < 1.29 is 19.6 Å². The Morgan fingerprint density at radius 3 is 2.33 bits per heavy atom. The number of carbonyl (C=O) groups excluding carboxylic acids is 1. The monoisotopic (exact) mass is 242 g/mol. The molecule has 0 aliphatic rings. The summed E-state index contributed by atoms with van der Waals surface area (Å²) in [7, 11) is -1.52. The van der Waals surface area contributed by atoms with Crippen LogP contribution in [0.4, 0.5) is 0 Å². The summed E-state index contributed by atoms with van der Waals surface area (Å²) in [6.07, 6.45) is 0.756. The molecule has 90 valence electrons. The van der Waals surface area contributed by atoms with E-state index in [1.54, 1.807) is 42.5 Å². The minimum atomic E-state index is -1.52. The first kappa shape index (κ1) is 12.4. The molecule has 0 amide bonds. The lowest BCUT2D eigenvalue weighted by Gasteiger charge is -2.07. The summed E-state index contributed by atoms with van der Waals surface area (Å²) in [6.45, 7) is 0. The van der Waals surface area contributed by atoms with Crippen LogP contribution in [-0.4, -0.2) is 23.5 Å². The Bertz CT molecular complexity index is 537. The van der Waals surface area contributed by atoms with Crippen LogP contribution in [0.5, 0.6) is 11.5 Å². The third-order valence-corrected chi connectivity index (χ3v) is 2.41. The molecule has 0 spiro atoms. The van der Waals surface area contributed by atoms with Crippen molar-refractivity contribution in [2.45, 2.75) is 0 Å². The zero-order chi connectivity index (χ0) is 13.0. The molecule has 2 N–H and O–H groups in total. The molecule has 0 saturated carbocycles. The van der Waals surface area contributed by atoms with E-state index < -0.39 is 7.12 Å². The molecule has 0 bridgehead atoms. The normalized spacial score (nSPS) is 9.89. The number of hydrogen-bond donors (Lipinski definition) is 2. The minimum Gasteiger partial charge on any atom is -0.457 e. The summed E-state index contributed by atoms with van der Waals surface area (Å²) >= 11 is 0. The maximum atomic E-state index is 10.5. The summed E-state index contributed by atoms with van der Waals surface area (Å²) in [5.74, 6) is 1.07. The lowest BCUT2D eigenvalue weighted by molar-refractivity contribution is 0.112. The van der Waals surface area contributed by atoms with Gasteiger partial charge in [0.15, 0.2) is 0 Å². The average Bonchev–Trinajstić information content (AvgIpc) is 2.40. The van der Waals surface area contributed by atoms with Crippen LogP contribution < -0.4 is 10.2 Å².